The molecule has 0 radical (unpaired) electrons. The Labute approximate surface area is 101 Å². The average Bonchev–Trinajstić information content (AvgIpc) is 2.17. The highest BCUT2D eigenvalue weighted by molar-refractivity contribution is 6.30. The molecule has 0 saturated heterocycles. The van der Waals surface area contributed by atoms with Crippen molar-refractivity contribution in [2.24, 2.45) is 0 Å². The van der Waals surface area contributed by atoms with Gasteiger partial charge in [-0.25, -0.2) is 0 Å². The van der Waals surface area contributed by atoms with Crippen LogP contribution >= 0.6 is 11.6 Å². The molecule has 1 aromatic carbocycles. The molecule has 0 fully saturated rings. The summed E-state index contributed by atoms with van der Waals surface area (Å²) in [5, 5.41) is 11.0. The number of benzene rings is 1. The smallest absolute Gasteiger partial charge is 0.0984 e. The van der Waals surface area contributed by atoms with Crippen molar-refractivity contribution >= 4 is 17.3 Å². The number of anilines is 1. The van der Waals surface area contributed by atoms with Gasteiger partial charge < -0.3 is 10.8 Å². The number of hydrogen-bond acceptors (Lipinski definition) is 2. The zero-order valence-corrected chi connectivity index (χ0v) is 9.87. The van der Waals surface area contributed by atoms with Crippen LogP contribution in [0.15, 0.2) is 43.5 Å². The molecule has 3 N–H and O–H groups in total. The Balaban J connectivity index is 3.19. The molecule has 3 heteroatoms. The van der Waals surface area contributed by atoms with Crippen LogP contribution in [0.3, 0.4) is 0 Å². The highest BCUT2D eigenvalue weighted by atomic mass is 35.5. The van der Waals surface area contributed by atoms with Gasteiger partial charge in [0.15, 0.2) is 0 Å². The second-order valence-corrected chi connectivity index (χ2v) is 4.19. The maximum absolute atomic E-state index is 10.5. The Morgan fingerprint density at radius 1 is 1.31 bits per heavy atom. The van der Waals surface area contributed by atoms with Crippen LogP contribution < -0.4 is 5.73 Å². The SMILES string of the molecule is C=CCC(O)(CC=C)c1ccc(Cl)cc1N. The van der Waals surface area contributed by atoms with Crippen molar-refractivity contribution in [1.82, 2.24) is 0 Å². The Hall–Kier alpha value is -1.25. The summed E-state index contributed by atoms with van der Waals surface area (Å²) in [6.45, 7) is 7.28. The van der Waals surface area contributed by atoms with Crippen molar-refractivity contribution in [3.8, 4) is 0 Å². The second kappa shape index (κ2) is 5.19. The van der Waals surface area contributed by atoms with E-state index >= 15 is 0 Å². The molecule has 1 rings (SSSR count). The van der Waals surface area contributed by atoms with Gasteiger partial charge in [0, 0.05) is 16.3 Å². The monoisotopic (exact) mass is 237 g/mol. The van der Waals surface area contributed by atoms with Crippen LogP contribution in [0, 0.1) is 0 Å². The summed E-state index contributed by atoms with van der Waals surface area (Å²) in [7, 11) is 0. The molecule has 0 aliphatic carbocycles. The first-order valence-corrected chi connectivity index (χ1v) is 5.41. The minimum absolute atomic E-state index is 0.421. The van der Waals surface area contributed by atoms with Crippen LogP contribution in [0.1, 0.15) is 18.4 Å². The van der Waals surface area contributed by atoms with Gasteiger partial charge in [-0.15, -0.1) is 13.2 Å². The summed E-state index contributed by atoms with van der Waals surface area (Å²) < 4.78 is 0. The van der Waals surface area contributed by atoms with E-state index in [0.717, 1.165) is 0 Å². The molecule has 1 aromatic rings. The number of hydrogen-bond donors (Lipinski definition) is 2. The molecule has 0 atom stereocenters. The number of aliphatic hydroxyl groups is 1. The van der Waals surface area contributed by atoms with Crippen molar-refractivity contribution in [1.29, 1.82) is 0 Å². The molecular formula is C13H16ClNO. The van der Waals surface area contributed by atoms with Gasteiger partial charge in [0.25, 0.3) is 0 Å². The van der Waals surface area contributed by atoms with Gasteiger partial charge in [-0.05, 0) is 25.0 Å². The van der Waals surface area contributed by atoms with Crippen molar-refractivity contribution < 1.29 is 5.11 Å². The second-order valence-electron chi connectivity index (χ2n) is 3.75. The Morgan fingerprint density at radius 2 is 1.88 bits per heavy atom. The lowest BCUT2D eigenvalue weighted by Crippen LogP contribution is -2.25. The third-order valence-electron chi connectivity index (χ3n) is 2.48. The van der Waals surface area contributed by atoms with E-state index < -0.39 is 5.60 Å². The Morgan fingerprint density at radius 3 is 2.31 bits per heavy atom. The van der Waals surface area contributed by atoms with Gasteiger partial charge in [0.05, 0.1) is 5.60 Å². The average molecular weight is 238 g/mol. The summed E-state index contributed by atoms with van der Waals surface area (Å²) in [4.78, 5) is 0. The zero-order chi connectivity index (χ0) is 12.2. The van der Waals surface area contributed by atoms with Gasteiger partial charge in [-0.2, -0.15) is 0 Å². The predicted molar refractivity (Wildman–Crippen MR) is 69.4 cm³/mol. The lowest BCUT2D eigenvalue weighted by molar-refractivity contribution is 0.0438. The molecule has 0 aliphatic rings. The van der Waals surface area contributed by atoms with Crippen LogP contribution in [0.5, 0.6) is 0 Å². The first-order chi connectivity index (χ1) is 7.53. The maximum Gasteiger partial charge on any atom is 0.0984 e. The number of rotatable bonds is 5. The molecular weight excluding hydrogens is 222 g/mol. The molecule has 2 nitrogen and oxygen atoms in total. The minimum Gasteiger partial charge on any atom is -0.398 e. The fraction of sp³-hybridized carbons (Fsp3) is 0.231. The molecule has 86 valence electrons. The van der Waals surface area contributed by atoms with Gasteiger partial charge >= 0.3 is 0 Å². The lowest BCUT2D eigenvalue weighted by atomic mass is 9.86. The van der Waals surface area contributed by atoms with Crippen molar-refractivity contribution in [2.45, 2.75) is 18.4 Å². The van der Waals surface area contributed by atoms with Crippen LogP contribution in [-0.4, -0.2) is 5.11 Å². The number of halogens is 1. The molecule has 0 aromatic heterocycles. The van der Waals surface area contributed by atoms with Gasteiger partial charge in [-0.1, -0.05) is 29.8 Å². The van der Waals surface area contributed by atoms with E-state index in [1.54, 1.807) is 30.4 Å². The molecule has 0 spiro atoms. The zero-order valence-electron chi connectivity index (χ0n) is 9.12. The summed E-state index contributed by atoms with van der Waals surface area (Å²) >= 11 is 5.82. The molecule has 0 saturated carbocycles. The fourth-order valence-electron chi connectivity index (χ4n) is 1.74. The highest BCUT2D eigenvalue weighted by Gasteiger charge is 2.28. The van der Waals surface area contributed by atoms with Gasteiger partial charge in [0.1, 0.15) is 0 Å². The first kappa shape index (κ1) is 12.8. The van der Waals surface area contributed by atoms with Crippen LogP contribution in [0.2, 0.25) is 5.02 Å². The molecule has 0 amide bonds. The number of nitrogen functional groups attached to an aromatic ring is 1. The normalized spacial score (nSPS) is 11.1. The first-order valence-electron chi connectivity index (χ1n) is 5.03. The molecule has 0 aliphatic heterocycles. The van der Waals surface area contributed by atoms with E-state index in [2.05, 4.69) is 13.2 Å². The highest BCUT2D eigenvalue weighted by Crippen LogP contribution is 2.34. The van der Waals surface area contributed by atoms with E-state index in [9.17, 15) is 5.11 Å². The minimum atomic E-state index is -1.04. The summed E-state index contributed by atoms with van der Waals surface area (Å²) in [5.41, 5.74) is 5.96. The quantitative estimate of drug-likeness (QED) is 0.610. The van der Waals surface area contributed by atoms with E-state index in [4.69, 9.17) is 17.3 Å². The van der Waals surface area contributed by atoms with E-state index in [1.807, 2.05) is 0 Å². The van der Waals surface area contributed by atoms with E-state index in [1.165, 1.54) is 0 Å². The van der Waals surface area contributed by atoms with E-state index in [0.29, 0.717) is 29.1 Å². The van der Waals surface area contributed by atoms with Crippen LogP contribution in [-0.2, 0) is 5.60 Å². The maximum atomic E-state index is 10.5. The molecule has 0 bridgehead atoms. The van der Waals surface area contributed by atoms with Crippen molar-refractivity contribution in [3.63, 3.8) is 0 Å². The van der Waals surface area contributed by atoms with Gasteiger partial charge in [-0.3, -0.25) is 0 Å². The molecule has 0 unspecified atom stereocenters. The van der Waals surface area contributed by atoms with Crippen molar-refractivity contribution in [2.75, 3.05) is 5.73 Å². The summed E-state index contributed by atoms with van der Waals surface area (Å²) in [6.07, 6.45) is 4.17. The third-order valence-corrected chi connectivity index (χ3v) is 2.71. The van der Waals surface area contributed by atoms with E-state index in [-0.39, 0.29) is 0 Å². The molecule has 16 heavy (non-hydrogen) atoms. The lowest BCUT2D eigenvalue weighted by Gasteiger charge is -2.27. The standard InChI is InChI=1S/C13H16ClNO/c1-3-7-13(16,8-4-2)11-6-5-10(14)9-12(11)15/h3-6,9,16H,1-2,7-8,15H2. The largest absolute Gasteiger partial charge is 0.398 e. The topological polar surface area (TPSA) is 46.2 Å². The third kappa shape index (κ3) is 2.65. The van der Waals surface area contributed by atoms with Crippen molar-refractivity contribution in [3.05, 3.63) is 54.1 Å². The van der Waals surface area contributed by atoms with Crippen LogP contribution in [0.4, 0.5) is 5.69 Å². The summed E-state index contributed by atoms with van der Waals surface area (Å²) in [5.74, 6) is 0. The Bertz CT molecular complexity index is 391. The Kier molecular flexibility index (Phi) is 4.16. The number of nitrogens with two attached hydrogens (primary N) is 1. The predicted octanol–water partition coefficient (Wildman–Crippen LogP) is 3.26. The molecule has 0 heterocycles. The summed E-state index contributed by atoms with van der Waals surface area (Å²) in [6, 6.07) is 5.09. The fourth-order valence-corrected chi connectivity index (χ4v) is 1.92. The van der Waals surface area contributed by atoms with Gasteiger partial charge in [0.2, 0.25) is 0 Å². The van der Waals surface area contributed by atoms with Crippen LogP contribution in [0.25, 0.3) is 0 Å².